The van der Waals surface area contributed by atoms with Gasteiger partial charge in [-0.2, -0.15) is 0 Å². The smallest absolute Gasteiger partial charge is 0.262 e. The minimum Gasteiger partial charge on any atom is -0.508 e. The Morgan fingerprint density at radius 1 is 0.741 bits per heavy atom. The molecular formula is C46H48ClN5O6. The lowest BCUT2D eigenvalue weighted by atomic mass is 9.88. The molecule has 4 aliphatic rings. The number of carbonyl (C=O) groups is 4. The van der Waals surface area contributed by atoms with Crippen LogP contribution in [0.2, 0.25) is 0 Å². The number of halogens is 1. The molecule has 4 heterocycles. The maximum Gasteiger partial charge on any atom is 0.262 e. The summed E-state index contributed by atoms with van der Waals surface area (Å²) in [5.41, 5.74) is 7.67. The first-order valence-corrected chi connectivity index (χ1v) is 20.8. The van der Waals surface area contributed by atoms with Gasteiger partial charge in [-0.05, 0) is 133 Å². The van der Waals surface area contributed by atoms with Crippen molar-refractivity contribution in [3.8, 4) is 11.5 Å². The number of amides is 4. The number of carbonyl (C=O) groups excluding carboxylic acids is 4. The van der Waals surface area contributed by atoms with Crippen molar-refractivity contribution in [3.63, 3.8) is 0 Å². The molecule has 4 amide bonds. The van der Waals surface area contributed by atoms with Crippen molar-refractivity contribution in [2.24, 2.45) is 5.92 Å². The molecule has 4 aliphatic heterocycles. The highest BCUT2D eigenvalue weighted by atomic mass is 35.5. The van der Waals surface area contributed by atoms with Crippen LogP contribution in [-0.4, -0.2) is 94.3 Å². The van der Waals surface area contributed by atoms with E-state index in [1.165, 1.54) is 5.69 Å². The van der Waals surface area contributed by atoms with Crippen molar-refractivity contribution in [1.82, 2.24) is 15.1 Å². The summed E-state index contributed by atoms with van der Waals surface area (Å²) >= 11 is 6.34. The van der Waals surface area contributed by atoms with Crippen LogP contribution in [0, 0.1) is 5.92 Å². The molecular weight excluding hydrogens is 754 g/mol. The maximum absolute atomic E-state index is 13.4. The van der Waals surface area contributed by atoms with E-state index in [4.69, 9.17) is 11.6 Å². The Morgan fingerprint density at radius 2 is 1.38 bits per heavy atom. The molecule has 2 atom stereocenters. The highest BCUT2D eigenvalue weighted by Crippen LogP contribution is 2.37. The van der Waals surface area contributed by atoms with Gasteiger partial charge in [-0.25, -0.2) is 0 Å². The molecule has 0 aromatic heterocycles. The number of fused-ring (bicyclic) bond motifs is 1. The standard InChI is InChI=1S/C46H48ClN5O6/c47-22-19-38(30-5-12-36(53)13-6-30)43(32-7-14-37(54)15-8-32)31-3-10-35(11-4-31)51-24-20-29(21-25-51)27-50-23-1-2-34(28-50)48-33-9-16-39-40(26-33)46(58)52(45(39)57)41-17-18-42(55)49-44(41)56/h3-16,26,29,34,41,48,53-54H,1-2,17-25,27-28H2,(H,49,55,56)/t34-,41?/m1/s1. The molecule has 4 N–H and O–H groups in total. The third-order valence-corrected chi connectivity index (χ3v) is 12.2. The van der Waals surface area contributed by atoms with Crippen molar-refractivity contribution in [2.75, 3.05) is 48.8 Å². The predicted molar refractivity (Wildman–Crippen MR) is 225 cm³/mol. The van der Waals surface area contributed by atoms with Crippen LogP contribution < -0.4 is 15.5 Å². The number of imide groups is 2. The number of aromatic hydroxyl groups is 2. The topological polar surface area (TPSA) is 143 Å². The zero-order valence-electron chi connectivity index (χ0n) is 32.3. The Labute approximate surface area is 343 Å². The summed E-state index contributed by atoms with van der Waals surface area (Å²) in [5.74, 6) is -0.556. The molecule has 0 aliphatic carbocycles. The summed E-state index contributed by atoms with van der Waals surface area (Å²) in [6.07, 6.45) is 5.12. The molecule has 0 radical (unpaired) electrons. The molecule has 0 saturated carbocycles. The molecule has 3 fully saturated rings. The minimum atomic E-state index is -0.980. The van der Waals surface area contributed by atoms with Crippen LogP contribution in [0.4, 0.5) is 11.4 Å². The Hall–Kier alpha value is -5.65. The minimum absolute atomic E-state index is 0.0889. The van der Waals surface area contributed by atoms with Crippen LogP contribution in [0.5, 0.6) is 11.5 Å². The van der Waals surface area contributed by atoms with E-state index < -0.39 is 29.7 Å². The largest absolute Gasteiger partial charge is 0.508 e. The van der Waals surface area contributed by atoms with Crippen LogP contribution in [0.3, 0.4) is 0 Å². The average molecular weight is 802 g/mol. The molecule has 11 nitrogen and oxygen atoms in total. The van der Waals surface area contributed by atoms with Crippen LogP contribution in [0.15, 0.2) is 91.0 Å². The van der Waals surface area contributed by atoms with Crippen molar-refractivity contribution in [2.45, 2.75) is 57.0 Å². The summed E-state index contributed by atoms with van der Waals surface area (Å²) in [6, 6.07) is 27.6. The Morgan fingerprint density at radius 3 is 2.03 bits per heavy atom. The Kier molecular flexibility index (Phi) is 11.5. The van der Waals surface area contributed by atoms with Gasteiger partial charge in [0, 0.05) is 55.9 Å². The summed E-state index contributed by atoms with van der Waals surface area (Å²) in [5, 5.41) is 25.9. The Bertz CT molecular complexity index is 2220. The molecule has 300 valence electrons. The molecule has 58 heavy (non-hydrogen) atoms. The number of hydrogen-bond acceptors (Lipinski definition) is 9. The van der Waals surface area contributed by atoms with Gasteiger partial charge >= 0.3 is 0 Å². The van der Waals surface area contributed by atoms with E-state index in [2.05, 4.69) is 44.7 Å². The number of alkyl halides is 1. The number of benzene rings is 4. The first-order valence-electron chi connectivity index (χ1n) is 20.2. The number of allylic oxidation sites excluding steroid dienone is 1. The van der Waals surface area contributed by atoms with Gasteiger partial charge in [-0.3, -0.25) is 29.4 Å². The second-order valence-corrected chi connectivity index (χ2v) is 16.2. The fraction of sp³-hybridized carbons (Fsp3) is 0.348. The molecule has 1 unspecified atom stereocenters. The van der Waals surface area contributed by atoms with E-state index in [0.717, 1.165) is 96.8 Å². The van der Waals surface area contributed by atoms with Gasteiger partial charge < -0.3 is 25.3 Å². The summed E-state index contributed by atoms with van der Waals surface area (Å²) < 4.78 is 0. The van der Waals surface area contributed by atoms with Crippen LogP contribution in [0.25, 0.3) is 11.1 Å². The van der Waals surface area contributed by atoms with E-state index in [9.17, 15) is 29.4 Å². The summed E-state index contributed by atoms with van der Waals surface area (Å²) in [4.78, 5) is 56.6. The molecule has 3 saturated heterocycles. The average Bonchev–Trinajstić information content (AvgIpc) is 3.47. The van der Waals surface area contributed by atoms with E-state index in [1.54, 1.807) is 36.4 Å². The number of hydrogen-bond donors (Lipinski definition) is 4. The highest BCUT2D eigenvalue weighted by molar-refractivity contribution is 6.23. The highest BCUT2D eigenvalue weighted by Gasteiger charge is 2.44. The normalized spacial score (nSPS) is 20.8. The van der Waals surface area contributed by atoms with Gasteiger partial charge in [0.1, 0.15) is 17.5 Å². The molecule has 0 bridgehead atoms. The first kappa shape index (κ1) is 39.2. The molecule has 0 spiro atoms. The predicted octanol–water partition coefficient (Wildman–Crippen LogP) is 6.88. The lowest BCUT2D eigenvalue weighted by Gasteiger charge is -2.39. The fourth-order valence-electron chi connectivity index (χ4n) is 9.03. The lowest BCUT2D eigenvalue weighted by Crippen LogP contribution is -2.54. The molecule has 4 aromatic carbocycles. The van der Waals surface area contributed by atoms with E-state index in [0.29, 0.717) is 18.2 Å². The SMILES string of the molecule is O=C1CCC(N2C(=O)c3ccc(N[C@@H]4CCCN(CC5CCN(c6ccc(C(=C(CCCl)c7ccc(O)cc7)c7ccc(O)cc7)cc6)CC5)C4)cc3C2=O)C(=O)N1. The molecule has 12 heteroatoms. The lowest BCUT2D eigenvalue weighted by molar-refractivity contribution is -0.136. The number of piperidine rings is 3. The van der Waals surface area contributed by atoms with Crippen molar-refractivity contribution >= 4 is 57.8 Å². The van der Waals surface area contributed by atoms with E-state index in [1.807, 2.05) is 30.3 Å². The van der Waals surface area contributed by atoms with Crippen LogP contribution in [-0.2, 0) is 9.59 Å². The number of likely N-dealkylation sites (tertiary alicyclic amines) is 1. The number of nitrogens with one attached hydrogen (secondary N) is 2. The van der Waals surface area contributed by atoms with Gasteiger partial charge in [-0.1, -0.05) is 36.4 Å². The molecule has 4 aromatic rings. The van der Waals surface area contributed by atoms with Gasteiger partial charge in [-0.15, -0.1) is 11.6 Å². The third kappa shape index (κ3) is 8.33. The van der Waals surface area contributed by atoms with Crippen molar-refractivity contribution in [1.29, 1.82) is 0 Å². The zero-order chi connectivity index (χ0) is 40.3. The van der Waals surface area contributed by atoms with E-state index >= 15 is 0 Å². The maximum atomic E-state index is 13.4. The van der Waals surface area contributed by atoms with Crippen molar-refractivity contribution in [3.05, 3.63) is 119 Å². The van der Waals surface area contributed by atoms with Crippen LogP contribution in [0.1, 0.15) is 82.4 Å². The Balaban J connectivity index is 0.880. The number of phenols is 2. The quantitative estimate of drug-likeness (QED) is 0.0726. The monoisotopic (exact) mass is 801 g/mol. The summed E-state index contributed by atoms with van der Waals surface area (Å²) in [7, 11) is 0. The number of nitrogens with zero attached hydrogens (tertiary/aromatic N) is 3. The summed E-state index contributed by atoms with van der Waals surface area (Å²) in [6.45, 7) is 4.92. The first-order chi connectivity index (χ1) is 28.1. The van der Waals surface area contributed by atoms with Gasteiger partial charge in [0.15, 0.2) is 0 Å². The zero-order valence-corrected chi connectivity index (χ0v) is 33.1. The van der Waals surface area contributed by atoms with Crippen molar-refractivity contribution < 1.29 is 29.4 Å². The number of phenolic OH excluding ortho intramolecular Hbond substituents is 2. The molecule has 8 rings (SSSR count). The number of rotatable bonds is 11. The fourth-order valence-corrected chi connectivity index (χ4v) is 9.22. The van der Waals surface area contributed by atoms with Crippen LogP contribution >= 0.6 is 11.6 Å². The second-order valence-electron chi connectivity index (χ2n) is 15.8. The van der Waals surface area contributed by atoms with Gasteiger partial charge in [0.2, 0.25) is 11.8 Å². The van der Waals surface area contributed by atoms with Gasteiger partial charge in [0.25, 0.3) is 11.8 Å². The number of anilines is 2. The second kappa shape index (κ2) is 17.1. The van der Waals surface area contributed by atoms with E-state index in [-0.39, 0.29) is 41.5 Å². The van der Waals surface area contributed by atoms with Gasteiger partial charge in [0.05, 0.1) is 11.1 Å². The third-order valence-electron chi connectivity index (χ3n) is 12.0.